The molecule has 114 valence electrons. The van der Waals surface area contributed by atoms with Crippen molar-refractivity contribution in [1.29, 1.82) is 0 Å². The first-order valence-corrected chi connectivity index (χ1v) is 6.97. The minimum absolute atomic E-state index is 0.228. The lowest BCUT2D eigenvalue weighted by Crippen LogP contribution is -2.47. The van der Waals surface area contributed by atoms with Gasteiger partial charge in [-0.25, -0.2) is 0 Å². The Labute approximate surface area is 113 Å². The van der Waals surface area contributed by atoms with Gasteiger partial charge in [0.1, 0.15) is 0 Å². The number of aliphatic hydroxyl groups is 1. The number of piperidine rings is 1. The van der Waals surface area contributed by atoms with E-state index < -0.39 is 12.7 Å². The van der Waals surface area contributed by atoms with Crippen molar-refractivity contribution >= 4 is 0 Å². The summed E-state index contributed by atoms with van der Waals surface area (Å²) in [7, 11) is 0. The predicted octanol–water partition coefficient (Wildman–Crippen LogP) is 2.01. The van der Waals surface area contributed by atoms with E-state index in [-0.39, 0.29) is 12.1 Å². The van der Waals surface area contributed by atoms with Crippen LogP contribution in [0.1, 0.15) is 33.1 Å². The topological polar surface area (TPSA) is 35.5 Å². The van der Waals surface area contributed by atoms with E-state index >= 15 is 0 Å². The normalized spacial score (nSPS) is 21.0. The van der Waals surface area contributed by atoms with Crippen LogP contribution in [0.5, 0.6) is 0 Å². The Morgan fingerprint density at radius 2 is 1.84 bits per heavy atom. The molecule has 0 aromatic rings. The number of halogens is 3. The van der Waals surface area contributed by atoms with E-state index in [1.807, 2.05) is 0 Å². The molecule has 2 N–H and O–H groups in total. The Morgan fingerprint density at radius 1 is 1.26 bits per heavy atom. The summed E-state index contributed by atoms with van der Waals surface area (Å²) in [5.74, 6) is 0.449. The van der Waals surface area contributed by atoms with Gasteiger partial charge in [0.2, 0.25) is 0 Å². The van der Waals surface area contributed by atoms with Crippen LogP contribution in [0.2, 0.25) is 0 Å². The van der Waals surface area contributed by atoms with Crippen LogP contribution in [-0.2, 0) is 0 Å². The van der Waals surface area contributed by atoms with Crippen molar-refractivity contribution in [3.8, 4) is 0 Å². The van der Waals surface area contributed by atoms with Gasteiger partial charge < -0.3 is 10.4 Å². The third-order valence-electron chi connectivity index (χ3n) is 3.38. The third kappa shape index (κ3) is 7.74. The first-order chi connectivity index (χ1) is 8.76. The van der Waals surface area contributed by atoms with E-state index in [1.165, 1.54) is 4.90 Å². The predicted molar refractivity (Wildman–Crippen MR) is 69.0 cm³/mol. The molecule has 0 aliphatic carbocycles. The summed E-state index contributed by atoms with van der Waals surface area (Å²) in [5, 5.41) is 13.0. The quantitative estimate of drug-likeness (QED) is 0.782. The Morgan fingerprint density at radius 3 is 2.32 bits per heavy atom. The fraction of sp³-hybridized carbons (Fsp3) is 1.00. The van der Waals surface area contributed by atoms with E-state index in [1.54, 1.807) is 0 Å². The van der Waals surface area contributed by atoms with Crippen molar-refractivity contribution in [3.63, 3.8) is 0 Å². The average molecular weight is 282 g/mol. The second kappa shape index (κ2) is 7.45. The van der Waals surface area contributed by atoms with E-state index in [0.717, 1.165) is 6.42 Å². The lowest BCUT2D eigenvalue weighted by Gasteiger charge is -2.33. The number of nitrogens with one attached hydrogen (secondary N) is 1. The highest BCUT2D eigenvalue weighted by Crippen LogP contribution is 2.19. The molecule has 0 amide bonds. The summed E-state index contributed by atoms with van der Waals surface area (Å²) >= 11 is 0. The van der Waals surface area contributed by atoms with Crippen molar-refractivity contribution in [2.24, 2.45) is 5.92 Å². The molecule has 0 saturated carbocycles. The van der Waals surface area contributed by atoms with Crippen LogP contribution in [0.3, 0.4) is 0 Å². The first-order valence-electron chi connectivity index (χ1n) is 6.97. The fourth-order valence-corrected chi connectivity index (χ4v) is 2.48. The van der Waals surface area contributed by atoms with Crippen molar-refractivity contribution in [2.75, 3.05) is 26.2 Å². The number of likely N-dealkylation sites (tertiary alicyclic amines) is 1. The zero-order valence-corrected chi connectivity index (χ0v) is 11.7. The van der Waals surface area contributed by atoms with Crippen LogP contribution >= 0.6 is 0 Å². The molecule has 1 aliphatic rings. The molecule has 0 spiro atoms. The van der Waals surface area contributed by atoms with Crippen molar-refractivity contribution in [1.82, 2.24) is 10.2 Å². The molecule has 1 atom stereocenters. The molecular formula is C13H25F3N2O. The highest BCUT2D eigenvalue weighted by molar-refractivity contribution is 4.79. The lowest BCUT2D eigenvalue weighted by atomic mass is 10.0. The zero-order chi connectivity index (χ0) is 14.5. The number of hydrogen-bond donors (Lipinski definition) is 2. The SMILES string of the molecule is CC(C)CC(O)CNC1CCN(CC(F)(F)F)CC1. The van der Waals surface area contributed by atoms with E-state index in [2.05, 4.69) is 19.2 Å². The summed E-state index contributed by atoms with van der Waals surface area (Å²) in [6.45, 7) is 4.77. The van der Waals surface area contributed by atoms with Gasteiger partial charge in [0.05, 0.1) is 12.6 Å². The van der Waals surface area contributed by atoms with Gasteiger partial charge in [-0.1, -0.05) is 13.8 Å². The minimum Gasteiger partial charge on any atom is -0.392 e. The molecular weight excluding hydrogens is 257 g/mol. The highest BCUT2D eigenvalue weighted by Gasteiger charge is 2.32. The van der Waals surface area contributed by atoms with E-state index in [9.17, 15) is 18.3 Å². The first kappa shape index (κ1) is 16.7. The molecule has 0 bridgehead atoms. The Balaban J connectivity index is 2.16. The standard InChI is InChI=1S/C13H25F3N2O/c1-10(2)7-12(19)8-17-11-3-5-18(6-4-11)9-13(14,15)16/h10-12,17,19H,3-9H2,1-2H3. The molecule has 1 heterocycles. The molecule has 1 rings (SSSR count). The lowest BCUT2D eigenvalue weighted by molar-refractivity contribution is -0.148. The maximum Gasteiger partial charge on any atom is 0.401 e. The average Bonchev–Trinajstić information content (AvgIpc) is 2.25. The van der Waals surface area contributed by atoms with Gasteiger partial charge in [0.25, 0.3) is 0 Å². The van der Waals surface area contributed by atoms with Gasteiger partial charge >= 0.3 is 6.18 Å². The second-order valence-corrected chi connectivity index (χ2v) is 5.86. The largest absolute Gasteiger partial charge is 0.401 e. The van der Waals surface area contributed by atoms with Gasteiger partial charge in [-0.15, -0.1) is 0 Å². The molecule has 0 aromatic heterocycles. The number of aliphatic hydroxyl groups excluding tert-OH is 1. The van der Waals surface area contributed by atoms with E-state index in [4.69, 9.17) is 0 Å². The van der Waals surface area contributed by atoms with E-state index in [0.29, 0.717) is 38.4 Å². The van der Waals surface area contributed by atoms with Gasteiger partial charge in [-0.3, -0.25) is 4.90 Å². The number of hydrogen-bond acceptors (Lipinski definition) is 3. The zero-order valence-electron chi connectivity index (χ0n) is 11.7. The summed E-state index contributed by atoms with van der Waals surface area (Å²) in [6, 6.07) is 0.228. The molecule has 6 heteroatoms. The van der Waals surface area contributed by atoms with Crippen LogP contribution in [0.4, 0.5) is 13.2 Å². The van der Waals surface area contributed by atoms with Gasteiger partial charge in [-0.05, 0) is 38.3 Å². The van der Waals surface area contributed by atoms with Crippen LogP contribution < -0.4 is 5.32 Å². The van der Waals surface area contributed by atoms with Crippen molar-refractivity contribution in [2.45, 2.75) is 51.4 Å². The Bertz CT molecular complexity index is 251. The molecule has 1 fully saturated rings. The summed E-state index contributed by atoms with van der Waals surface area (Å²) in [5.41, 5.74) is 0. The van der Waals surface area contributed by atoms with Crippen LogP contribution in [0.15, 0.2) is 0 Å². The second-order valence-electron chi connectivity index (χ2n) is 5.86. The van der Waals surface area contributed by atoms with Crippen molar-refractivity contribution in [3.05, 3.63) is 0 Å². The summed E-state index contributed by atoms with van der Waals surface area (Å²) in [6.07, 6.45) is -2.30. The maximum absolute atomic E-state index is 12.2. The molecule has 3 nitrogen and oxygen atoms in total. The van der Waals surface area contributed by atoms with Gasteiger partial charge in [-0.2, -0.15) is 13.2 Å². The third-order valence-corrected chi connectivity index (χ3v) is 3.38. The minimum atomic E-state index is -4.10. The smallest absolute Gasteiger partial charge is 0.392 e. The van der Waals surface area contributed by atoms with Gasteiger partial charge in [0, 0.05) is 12.6 Å². The van der Waals surface area contributed by atoms with Crippen LogP contribution in [-0.4, -0.2) is 54.5 Å². The molecule has 0 radical (unpaired) electrons. The van der Waals surface area contributed by atoms with Gasteiger partial charge in [0.15, 0.2) is 0 Å². The molecule has 0 aromatic carbocycles. The Kier molecular flexibility index (Phi) is 6.56. The number of alkyl halides is 3. The van der Waals surface area contributed by atoms with Crippen LogP contribution in [0.25, 0.3) is 0 Å². The molecule has 1 aliphatic heterocycles. The Hall–Kier alpha value is -0.330. The monoisotopic (exact) mass is 282 g/mol. The van der Waals surface area contributed by atoms with Crippen LogP contribution in [0, 0.1) is 5.92 Å². The number of nitrogens with zero attached hydrogens (tertiary/aromatic N) is 1. The summed E-state index contributed by atoms with van der Waals surface area (Å²) in [4.78, 5) is 1.45. The number of rotatable bonds is 6. The molecule has 1 unspecified atom stereocenters. The summed E-state index contributed by atoms with van der Waals surface area (Å²) < 4.78 is 36.7. The highest BCUT2D eigenvalue weighted by atomic mass is 19.4. The molecule has 1 saturated heterocycles. The van der Waals surface area contributed by atoms with Crippen molar-refractivity contribution < 1.29 is 18.3 Å². The maximum atomic E-state index is 12.2. The fourth-order valence-electron chi connectivity index (χ4n) is 2.48. The molecule has 19 heavy (non-hydrogen) atoms.